The molecule has 1 N–H and O–H groups in total. The van der Waals surface area contributed by atoms with E-state index in [0.717, 1.165) is 26.2 Å². The molecule has 0 aromatic heterocycles. The van der Waals surface area contributed by atoms with Crippen molar-refractivity contribution in [3.05, 3.63) is 35.9 Å². The average Bonchev–Trinajstić information content (AvgIpc) is 2.23. The first-order chi connectivity index (χ1) is 6.86. The van der Waals surface area contributed by atoms with E-state index in [4.69, 9.17) is 0 Å². The van der Waals surface area contributed by atoms with E-state index in [0.29, 0.717) is 6.04 Å². The third-order valence-corrected chi connectivity index (χ3v) is 2.87. The van der Waals surface area contributed by atoms with Gasteiger partial charge >= 0.3 is 0 Å². The SMILES string of the molecule is C[C@H]1CNCCN1Cc1ccccc1. The summed E-state index contributed by atoms with van der Waals surface area (Å²) in [4.78, 5) is 2.53. The second-order valence-electron chi connectivity index (χ2n) is 4.01. The average molecular weight is 190 g/mol. The van der Waals surface area contributed by atoms with Crippen LogP contribution in [0.2, 0.25) is 0 Å². The quantitative estimate of drug-likeness (QED) is 0.760. The van der Waals surface area contributed by atoms with Crippen LogP contribution in [0.15, 0.2) is 30.3 Å². The molecule has 2 rings (SSSR count). The number of nitrogens with one attached hydrogen (secondary N) is 1. The van der Waals surface area contributed by atoms with Crippen LogP contribution in [0.5, 0.6) is 0 Å². The molecule has 1 aliphatic rings. The maximum atomic E-state index is 3.41. The lowest BCUT2D eigenvalue weighted by Gasteiger charge is -2.33. The van der Waals surface area contributed by atoms with Crippen LogP contribution in [0, 0.1) is 0 Å². The first kappa shape index (κ1) is 9.69. The highest BCUT2D eigenvalue weighted by Gasteiger charge is 2.17. The molecule has 0 amide bonds. The lowest BCUT2D eigenvalue weighted by atomic mass is 10.1. The lowest BCUT2D eigenvalue weighted by molar-refractivity contribution is 0.165. The third kappa shape index (κ3) is 2.34. The molecule has 0 radical (unpaired) electrons. The van der Waals surface area contributed by atoms with Crippen molar-refractivity contribution in [2.24, 2.45) is 0 Å². The van der Waals surface area contributed by atoms with E-state index in [2.05, 4.69) is 47.5 Å². The summed E-state index contributed by atoms with van der Waals surface area (Å²) in [5.74, 6) is 0. The van der Waals surface area contributed by atoms with Gasteiger partial charge in [-0.25, -0.2) is 0 Å². The Labute approximate surface area is 85.9 Å². The number of rotatable bonds is 2. The number of nitrogens with zero attached hydrogens (tertiary/aromatic N) is 1. The normalized spacial score (nSPS) is 23.6. The molecule has 1 aliphatic heterocycles. The summed E-state index contributed by atoms with van der Waals surface area (Å²) in [6.45, 7) is 6.78. The summed E-state index contributed by atoms with van der Waals surface area (Å²) in [5, 5.41) is 3.41. The van der Waals surface area contributed by atoms with Crippen LogP contribution < -0.4 is 5.32 Å². The van der Waals surface area contributed by atoms with Gasteiger partial charge in [0.15, 0.2) is 0 Å². The zero-order chi connectivity index (χ0) is 9.80. The topological polar surface area (TPSA) is 15.3 Å². The highest BCUT2D eigenvalue weighted by molar-refractivity contribution is 5.14. The van der Waals surface area contributed by atoms with Crippen molar-refractivity contribution in [2.45, 2.75) is 19.5 Å². The Morgan fingerprint density at radius 3 is 2.86 bits per heavy atom. The molecular formula is C12H18N2. The second-order valence-corrected chi connectivity index (χ2v) is 4.01. The molecule has 0 spiro atoms. The predicted octanol–water partition coefficient (Wildman–Crippen LogP) is 1.48. The van der Waals surface area contributed by atoms with Crippen LogP contribution >= 0.6 is 0 Å². The fourth-order valence-electron chi connectivity index (χ4n) is 1.94. The lowest BCUT2D eigenvalue weighted by Crippen LogP contribution is -2.49. The molecule has 0 unspecified atom stereocenters. The van der Waals surface area contributed by atoms with Crippen LogP contribution in [-0.2, 0) is 6.54 Å². The minimum absolute atomic E-state index is 0.656. The Bertz CT molecular complexity index is 271. The fourth-order valence-corrected chi connectivity index (χ4v) is 1.94. The van der Waals surface area contributed by atoms with Gasteiger partial charge in [0.25, 0.3) is 0 Å². The molecule has 1 aromatic carbocycles. The molecule has 1 saturated heterocycles. The molecule has 76 valence electrons. The Hall–Kier alpha value is -0.860. The van der Waals surface area contributed by atoms with Crippen molar-refractivity contribution in [1.82, 2.24) is 10.2 Å². The summed E-state index contributed by atoms with van der Waals surface area (Å²) >= 11 is 0. The Balaban J connectivity index is 1.96. The minimum Gasteiger partial charge on any atom is -0.314 e. The van der Waals surface area contributed by atoms with E-state index in [1.54, 1.807) is 0 Å². The molecule has 0 saturated carbocycles. The summed E-state index contributed by atoms with van der Waals surface area (Å²) in [6.07, 6.45) is 0. The Morgan fingerprint density at radius 2 is 2.14 bits per heavy atom. The monoisotopic (exact) mass is 190 g/mol. The van der Waals surface area contributed by atoms with Crippen molar-refractivity contribution in [1.29, 1.82) is 0 Å². The summed E-state index contributed by atoms with van der Waals surface area (Å²) < 4.78 is 0. The summed E-state index contributed by atoms with van der Waals surface area (Å²) in [5.41, 5.74) is 1.42. The highest BCUT2D eigenvalue weighted by Crippen LogP contribution is 2.09. The van der Waals surface area contributed by atoms with Gasteiger partial charge in [0.1, 0.15) is 0 Å². The summed E-state index contributed by atoms with van der Waals surface area (Å²) in [7, 11) is 0. The van der Waals surface area contributed by atoms with Gasteiger partial charge in [-0.3, -0.25) is 4.90 Å². The van der Waals surface area contributed by atoms with Crippen LogP contribution in [-0.4, -0.2) is 30.6 Å². The van der Waals surface area contributed by atoms with Crippen molar-refractivity contribution in [3.63, 3.8) is 0 Å². The van der Waals surface area contributed by atoms with Crippen molar-refractivity contribution in [3.8, 4) is 0 Å². The zero-order valence-electron chi connectivity index (χ0n) is 8.74. The predicted molar refractivity (Wildman–Crippen MR) is 59.2 cm³/mol. The fraction of sp³-hybridized carbons (Fsp3) is 0.500. The molecule has 1 atom stereocenters. The van der Waals surface area contributed by atoms with E-state index in [1.807, 2.05) is 0 Å². The van der Waals surface area contributed by atoms with Gasteiger partial charge in [0.05, 0.1) is 0 Å². The molecule has 2 nitrogen and oxygen atoms in total. The number of piperazine rings is 1. The van der Waals surface area contributed by atoms with Gasteiger partial charge in [-0.05, 0) is 12.5 Å². The first-order valence-electron chi connectivity index (χ1n) is 5.35. The molecule has 1 fully saturated rings. The third-order valence-electron chi connectivity index (χ3n) is 2.87. The van der Waals surface area contributed by atoms with Crippen LogP contribution in [0.4, 0.5) is 0 Å². The van der Waals surface area contributed by atoms with Crippen LogP contribution in [0.3, 0.4) is 0 Å². The number of hydrogen-bond acceptors (Lipinski definition) is 2. The van der Waals surface area contributed by atoms with Gasteiger partial charge in [-0.2, -0.15) is 0 Å². The molecule has 0 bridgehead atoms. The zero-order valence-corrected chi connectivity index (χ0v) is 8.74. The van der Waals surface area contributed by atoms with Gasteiger partial charge in [0.2, 0.25) is 0 Å². The van der Waals surface area contributed by atoms with Gasteiger partial charge in [-0.15, -0.1) is 0 Å². The van der Waals surface area contributed by atoms with E-state index >= 15 is 0 Å². The Morgan fingerprint density at radius 1 is 1.36 bits per heavy atom. The molecule has 1 aromatic rings. The first-order valence-corrected chi connectivity index (χ1v) is 5.35. The minimum atomic E-state index is 0.656. The van der Waals surface area contributed by atoms with E-state index in [-0.39, 0.29) is 0 Å². The summed E-state index contributed by atoms with van der Waals surface area (Å²) in [6, 6.07) is 11.4. The van der Waals surface area contributed by atoms with Crippen molar-refractivity contribution < 1.29 is 0 Å². The van der Waals surface area contributed by atoms with Crippen LogP contribution in [0.1, 0.15) is 12.5 Å². The van der Waals surface area contributed by atoms with Gasteiger partial charge in [-0.1, -0.05) is 30.3 Å². The molecule has 0 aliphatic carbocycles. The maximum absolute atomic E-state index is 3.41. The Kier molecular flexibility index (Phi) is 3.17. The molecule has 14 heavy (non-hydrogen) atoms. The van der Waals surface area contributed by atoms with E-state index in [1.165, 1.54) is 5.56 Å². The van der Waals surface area contributed by atoms with Crippen molar-refractivity contribution >= 4 is 0 Å². The molecule has 1 heterocycles. The smallest absolute Gasteiger partial charge is 0.0237 e. The van der Waals surface area contributed by atoms with E-state index < -0.39 is 0 Å². The van der Waals surface area contributed by atoms with E-state index in [9.17, 15) is 0 Å². The maximum Gasteiger partial charge on any atom is 0.0237 e. The van der Waals surface area contributed by atoms with Gasteiger partial charge < -0.3 is 5.32 Å². The molecular weight excluding hydrogens is 172 g/mol. The second kappa shape index (κ2) is 4.58. The standard InChI is InChI=1S/C12H18N2/c1-11-9-13-7-8-14(11)10-12-5-3-2-4-6-12/h2-6,11,13H,7-10H2,1H3/t11-/m0/s1. The van der Waals surface area contributed by atoms with Crippen molar-refractivity contribution in [2.75, 3.05) is 19.6 Å². The van der Waals surface area contributed by atoms with Gasteiger partial charge in [0, 0.05) is 32.2 Å². The number of benzene rings is 1. The highest BCUT2D eigenvalue weighted by atomic mass is 15.2. The number of hydrogen-bond donors (Lipinski definition) is 1. The van der Waals surface area contributed by atoms with Crippen LogP contribution in [0.25, 0.3) is 0 Å². The molecule has 2 heteroatoms. The largest absolute Gasteiger partial charge is 0.314 e.